The third-order valence-electron chi connectivity index (χ3n) is 18.0. The maximum absolute atomic E-state index is 12.8. The molecular weight excluding hydrogens is 1280 g/mol. The third kappa shape index (κ3) is 20.6. The Morgan fingerprint density at radius 1 is 0.396 bits per heavy atom. The van der Waals surface area contributed by atoms with Gasteiger partial charge in [0, 0.05) is 50.3 Å². The van der Waals surface area contributed by atoms with E-state index in [9.17, 15) is 78.6 Å². The van der Waals surface area contributed by atoms with Crippen molar-refractivity contribution in [3.63, 3.8) is 0 Å². The van der Waals surface area contributed by atoms with Crippen molar-refractivity contribution in [1.29, 1.82) is 21.0 Å². The van der Waals surface area contributed by atoms with E-state index in [0.29, 0.717) is 64.7 Å². The van der Waals surface area contributed by atoms with Crippen molar-refractivity contribution in [1.82, 2.24) is 40.1 Å². The smallest absolute Gasteiger partial charge is 0.272 e. The maximum Gasteiger partial charge on any atom is 0.290 e. The number of benzene rings is 3. The SMILES string of the molecule is CC(C)CC1=C(C#N)C(=O)N(N(C)C(=O)c2ccccc2)C(=O)C1.CC(CC1=C(C#N)C(=O)N(N(C)C(=O)C(C)(C)C)C(=O)C1)C(C)(C)C.CC(CC1=C(C#N)C(=O)N(N(C)C(=O)c2ccccc2)C(=O)C1)C(C)(C)C.CCC(C)CC1=C(C#N)C(=O)N(N(C)C(=O)c2ccccc2)C(=O)C1. The van der Waals surface area contributed by atoms with Crippen molar-refractivity contribution >= 4 is 70.9 Å². The van der Waals surface area contributed by atoms with Crippen LogP contribution in [0.1, 0.15) is 193 Å². The summed E-state index contributed by atoms with van der Waals surface area (Å²) in [5, 5.41) is 44.8. The molecule has 4 heterocycles. The van der Waals surface area contributed by atoms with Crippen LogP contribution in [0.5, 0.6) is 0 Å². The largest absolute Gasteiger partial charge is 0.290 e. The maximum atomic E-state index is 12.8. The van der Waals surface area contributed by atoms with Gasteiger partial charge in [-0.3, -0.25) is 57.5 Å². The number of hydrogen-bond acceptors (Lipinski definition) is 16. The number of rotatable bonds is 16. The zero-order valence-corrected chi connectivity index (χ0v) is 61.6. The number of nitriles is 4. The van der Waals surface area contributed by atoms with Crippen molar-refractivity contribution in [2.75, 3.05) is 28.2 Å². The van der Waals surface area contributed by atoms with E-state index in [2.05, 4.69) is 41.5 Å². The van der Waals surface area contributed by atoms with Crippen LogP contribution >= 0.6 is 0 Å². The summed E-state index contributed by atoms with van der Waals surface area (Å²) in [6.07, 6.45) is 2.82. The van der Waals surface area contributed by atoms with E-state index in [1.807, 2.05) is 65.8 Å². The van der Waals surface area contributed by atoms with Crippen LogP contribution in [0.3, 0.4) is 0 Å². The molecule has 0 radical (unpaired) electrons. The number of hydrazine groups is 4. The van der Waals surface area contributed by atoms with Gasteiger partial charge in [0.15, 0.2) is 0 Å². The van der Waals surface area contributed by atoms with Gasteiger partial charge in [-0.25, -0.2) is 20.0 Å². The molecule has 12 amide bonds. The van der Waals surface area contributed by atoms with Gasteiger partial charge in [0.2, 0.25) is 5.91 Å². The summed E-state index contributed by atoms with van der Waals surface area (Å²) in [6.45, 7) is 29.6. The normalized spacial score (nSPS) is 16.1. The van der Waals surface area contributed by atoms with Crippen molar-refractivity contribution in [3.05, 3.63) is 152 Å². The lowest BCUT2D eigenvalue weighted by atomic mass is 9.77. The van der Waals surface area contributed by atoms with Crippen molar-refractivity contribution in [2.24, 2.45) is 39.9 Å². The molecule has 3 aromatic rings. The molecule has 7 rings (SSSR count). The van der Waals surface area contributed by atoms with Gasteiger partial charge in [0.05, 0.1) is 25.7 Å². The van der Waals surface area contributed by atoms with Crippen LogP contribution in [0.2, 0.25) is 0 Å². The fourth-order valence-corrected chi connectivity index (χ4v) is 10.8. The fourth-order valence-electron chi connectivity index (χ4n) is 10.8. The molecule has 0 aliphatic carbocycles. The number of carbonyl (C=O) groups excluding carboxylic acids is 12. The van der Waals surface area contributed by atoms with Gasteiger partial charge in [-0.1, -0.05) is 165 Å². The Balaban J connectivity index is 0.000000286. The van der Waals surface area contributed by atoms with E-state index in [0.717, 1.165) is 46.5 Å². The number of hydrogen-bond donors (Lipinski definition) is 0. The first-order chi connectivity index (χ1) is 47.0. The highest BCUT2D eigenvalue weighted by atomic mass is 16.2. The molecule has 3 unspecified atom stereocenters. The molecule has 4 aliphatic heterocycles. The van der Waals surface area contributed by atoms with Gasteiger partial charge < -0.3 is 0 Å². The van der Waals surface area contributed by atoms with Gasteiger partial charge in [-0.15, -0.1) is 0 Å². The lowest BCUT2D eigenvalue weighted by molar-refractivity contribution is -0.173. The van der Waals surface area contributed by atoms with Crippen LogP contribution < -0.4 is 0 Å². The fraction of sp³-hybridized carbons (Fsp3) is 0.455. The summed E-state index contributed by atoms with van der Waals surface area (Å²) in [4.78, 5) is 151. The molecule has 0 saturated carbocycles. The predicted molar refractivity (Wildman–Crippen MR) is 374 cm³/mol. The van der Waals surface area contributed by atoms with E-state index in [-0.39, 0.29) is 88.4 Å². The molecule has 534 valence electrons. The molecule has 0 spiro atoms. The molecule has 0 saturated heterocycles. The molecule has 24 nitrogen and oxygen atoms in total. The molecule has 0 bridgehead atoms. The Morgan fingerprint density at radius 3 is 0.851 bits per heavy atom. The van der Waals surface area contributed by atoms with Crippen LogP contribution in [0.15, 0.2) is 136 Å². The average Bonchev–Trinajstić information content (AvgIpc) is 0.795. The van der Waals surface area contributed by atoms with E-state index < -0.39 is 70.4 Å². The van der Waals surface area contributed by atoms with Crippen LogP contribution in [0, 0.1) is 85.2 Å². The summed E-state index contributed by atoms with van der Waals surface area (Å²) in [7, 11) is 5.47. The summed E-state index contributed by atoms with van der Waals surface area (Å²) in [6, 6.07) is 32.8. The molecule has 3 atom stereocenters. The molecule has 4 aliphatic rings. The van der Waals surface area contributed by atoms with Crippen LogP contribution in [0.4, 0.5) is 0 Å². The topological polar surface area (TPSA) is 326 Å². The lowest BCUT2D eigenvalue weighted by Gasteiger charge is -2.37. The standard InChI is InChI=1S/C21H25N3O3.C19H21N3O3.C19H29N3O3.C18H19N3O3/c1-14(21(2,3)4)11-16-12-18(25)24(20(27)17(16)13-22)23(5)19(26)15-9-7-6-8-10-15;1-4-13(2)10-15-11-17(23)22(19(25)16(15)12-20)21(3)18(24)14-8-6-5-7-9-14;1-12(18(2,3)4)9-13-10-15(23)22(16(24)14(13)11-20)21(8)17(25)19(5,6)7;1-12(2)9-14-10-16(22)21(18(24)15(14)11-19)20(3)17(23)13-7-5-4-6-8-13/h6-10,14H,11-12H2,1-5H3;5-9,13H,4,10-11H2,1-3H3;12H,9-10H2,1-8H3;4-8,12H,9-10H2,1-3H3. The van der Waals surface area contributed by atoms with Crippen LogP contribution in [0.25, 0.3) is 0 Å². The molecule has 0 aromatic heterocycles. The Labute approximate surface area is 593 Å². The minimum Gasteiger partial charge on any atom is -0.272 e. The third-order valence-corrected chi connectivity index (χ3v) is 18.0. The summed E-state index contributed by atoms with van der Waals surface area (Å²) >= 11 is 0. The van der Waals surface area contributed by atoms with Crippen LogP contribution in [-0.2, 0) is 43.2 Å². The first-order valence-corrected chi connectivity index (χ1v) is 33.3. The van der Waals surface area contributed by atoms with Gasteiger partial charge in [0.25, 0.3) is 65.0 Å². The molecule has 3 aromatic carbocycles. The first-order valence-electron chi connectivity index (χ1n) is 33.3. The second-order valence-corrected chi connectivity index (χ2v) is 29.0. The quantitative estimate of drug-likeness (QED) is 0.120. The van der Waals surface area contributed by atoms with E-state index in [4.69, 9.17) is 0 Å². The van der Waals surface area contributed by atoms with Gasteiger partial charge in [-0.05, 0) is 119 Å². The highest BCUT2D eigenvalue weighted by Gasteiger charge is 2.44. The number of amides is 12. The Bertz CT molecular complexity index is 4030. The van der Waals surface area contributed by atoms with E-state index in [1.54, 1.807) is 112 Å². The average molecular weight is 1380 g/mol. The zero-order valence-electron chi connectivity index (χ0n) is 61.6. The van der Waals surface area contributed by atoms with Crippen molar-refractivity contribution in [2.45, 2.75) is 162 Å². The highest BCUT2D eigenvalue weighted by molar-refractivity contribution is 6.15. The van der Waals surface area contributed by atoms with Crippen molar-refractivity contribution < 1.29 is 57.5 Å². The lowest BCUT2D eigenvalue weighted by Crippen LogP contribution is -2.55. The number of carbonyl (C=O) groups is 12. The highest BCUT2D eigenvalue weighted by Crippen LogP contribution is 2.38. The second-order valence-electron chi connectivity index (χ2n) is 29.0. The van der Waals surface area contributed by atoms with Gasteiger partial charge >= 0.3 is 0 Å². The minimum absolute atomic E-state index is 0.00418. The number of nitrogens with zero attached hydrogens (tertiary/aromatic N) is 12. The summed E-state index contributed by atoms with van der Waals surface area (Å²) < 4.78 is 0. The number of imide groups is 4. The van der Waals surface area contributed by atoms with Gasteiger partial charge in [-0.2, -0.15) is 41.1 Å². The molecule has 101 heavy (non-hydrogen) atoms. The first kappa shape index (κ1) is 82.4. The van der Waals surface area contributed by atoms with E-state index >= 15 is 0 Å². The minimum atomic E-state index is -0.743. The molecular formula is C77H94N12O12. The Kier molecular flexibility index (Phi) is 28.7. The summed E-state index contributed by atoms with van der Waals surface area (Å²) in [5.74, 6) is -5.82. The monoisotopic (exact) mass is 1380 g/mol. The predicted octanol–water partition coefficient (Wildman–Crippen LogP) is 11.4. The van der Waals surface area contributed by atoms with Gasteiger partial charge in [0.1, 0.15) is 46.6 Å². The molecule has 24 heteroatoms. The molecule has 0 N–H and O–H groups in total. The Hall–Kier alpha value is -11.0. The molecule has 0 fully saturated rings. The Morgan fingerprint density at radius 2 is 0.634 bits per heavy atom. The zero-order chi connectivity index (χ0) is 76.5. The second kappa shape index (κ2) is 35.2. The summed E-state index contributed by atoms with van der Waals surface area (Å²) in [5.41, 5.74) is 2.37. The van der Waals surface area contributed by atoms with E-state index in [1.165, 1.54) is 28.2 Å². The van der Waals surface area contributed by atoms with Crippen molar-refractivity contribution in [3.8, 4) is 24.3 Å². The van der Waals surface area contributed by atoms with Crippen LogP contribution in [-0.4, -0.2) is 139 Å².